The lowest BCUT2D eigenvalue weighted by molar-refractivity contribution is -0.126. The molecule has 6 nitrogen and oxygen atoms in total. The molecule has 0 spiro atoms. The summed E-state index contributed by atoms with van der Waals surface area (Å²) < 4.78 is 0. The molecule has 0 saturated carbocycles. The van der Waals surface area contributed by atoms with Crippen LogP contribution in [0.15, 0.2) is 0 Å². The van der Waals surface area contributed by atoms with Crippen molar-refractivity contribution < 1.29 is 9.59 Å². The number of aromatic nitrogens is 2. The molecule has 1 unspecified atom stereocenters. The summed E-state index contributed by atoms with van der Waals surface area (Å²) in [5, 5.41) is 14.4. The predicted octanol–water partition coefficient (Wildman–Crippen LogP) is 1.20. The summed E-state index contributed by atoms with van der Waals surface area (Å²) >= 11 is 1.34. The Hall–Kier alpha value is -1.50. The molecule has 0 fully saturated rings. The van der Waals surface area contributed by atoms with Gasteiger partial charge in [-0.2, -0.15) is 0 Å². The van der Waals surface area contributed by atoms with Gasteiger partial charge >= 0.3 is 0 Å². The summed E-state index contributed by atoms with van der Waals surface area (Å²) in [7, 11) is 0. The molecule has 0 radical (unpaired) electrons. The van der Waals surface area contributed by atoms with E-state index in [0.29, 0.717) is 5.13 Å². The smallest absolute Gasteiger partial charge is 0.249 e. The average Bonchev–Trinajstić information content (AvgIpc) is 2.72. The molecule has 0 saturated heterocycles. The van der Waals surface area contributed by atoms with Gasteiger partial charge < -0.3 is 5.32 Å². The fourth-order valence-corrected chi connectivity index (χ4v) is 2.07. The molecule has 18 heavy (non-hydrogen) atoms. The van der Waals surface area contributed by atoms with Crippen LogP contribution in [0.25, 0.3) is 0 Å². The zero-order valence-electron chi connectivity index (χ0n) is 11.0. The molecular formula is C11H18N4O2S. The van der Waals surface area contributed by atoms with Crippen molar-refractivity contribution in [3.8, 4) is 0 Å². The number of hydrogen-bond acceptors (Lipinski definition) is 5. The first kappa shape index (κ1) is 14.6. The third-order valence-electron chi connectivity index (χ3n) is 2.31. The van der Waals surface area contributed by atoms with Crippen LogP contribution in [0.5, 0.6) is 0 Å². The van der Waals surface area contributed by atoms with E-state index in [4.69, 9.17) is 0 Å². The number of hydrogen-bond donors (Lipinski definition) is 2. The molecule has 100 valence electrons. The highest BCUT2D eigenvalue weighted by atomic mass is 32.1. The van der Waals surface area contributed by atoms with Crippen molar-refractivity contribution in [1.82, 2.24) is 15.5 Å². The number of anilines is 1. The Morgan fingerprint density at radius 2 is 2.00 bits per heavy atom. The van der Waals surface area contributed by atoms with Gasteiger partial charge in [-0.3, -0.25) is 14.9 Å². The predicted molar refractivity (Wildman–Crippen MR) is 70.4 cm³/mol. The van der Waals surface area contributed by atoms with Crippen molar-refractivity contribution >= 4 is 28.3 Å². The van der Waals surface area contributed by atoms with Gasteiger partial charge in [-0.1, -0.05) is 32.1 Å². The van der Waals surface area contributed by atoms with Crippen molar-refractivity contribution in [2.75, 3.05) is 5.32 Å². The second kappa shape index (κ2) is 6.44. The second-order valence-electron chi connectivity index (χ2n) is 4.27. The normalized spacial score (nSPS) is 12.3. The van der Waals surface area contributed by atoms with E-state index in [1.165, 1.54) is 18.3 Å². The van der Waals surface area contributed by atoms with E-state index in [0.717, 1.165) is 11.4 Å². The number of amides is 2. The summed E-state index contributed by atoms with van der Waals surface area (Å²) in [6.07, 6.45) is 0.785. The van der Waals surface area contributed by atoms with Crippen LogP contribution < -0.4 is 10.6 Å². The fourth-order valence-electron chi connectivity index (χ4n) is 1.38. The number of aryl methyl sites for hydroxylation is 1. The summed E-state index contributed by atoms with van der Waals surface area (Å²) in [5.74, 6) is -0.484. The Labute approximate surface area is 110 Å². The fraction of sp³-hybridized carbons (Fsp3) is 0.636. The largest absolute Gasteiger partial charge is 0.344 e. The summed E-state index contributed by atoms with van der Waals surface area (Å²) in [4.78, 5) is 23.0. The van der Waals surface area contributed by atoms with Gasteiger partial charge in [-0.05, 0) is 12.3 Å². The first-order valence-electron chi connectivity index (χ1n) is 5.84. The Kier molecular flexibility index (Phi) is 5.21. The third-order valence-corrected chi connectivity index (χ3v) is 3.29. The van der Waals surface area contributed by atoms with E-state index >= 15 is 0 Å². The first-order chi connectivity index (χ1) is 8.43. The zero-order valence-corrected chi connectivity index (χ0v) is 11.8. The van der Waals surface area contributed by atoms with Crippen LogP contribution in [0.2, 0.25) is 0 Å². The molecule has 0 bridgehead atoms. The molecular weight excluding hydrogens is 252 g/mol. The Balaban J connectivity index is 2.69. The van der Waals surface area contributed by atoms with E-state index in [-0.39, 0.29) is 17.7 Å². The lowest BCUT2D eigenvalue weighted by Gasteiger charge is -2.19. The van der Waals surface area contributed by atoms with Gasteiger partial charge in [-0.25, -0.2) is 0 Å². The molecule has 0 aromatic carbocycles. The van der Waals surface area contributed by atoms with Gasteiger partial charge in [0.2, 0.25) is 16.9 Å². The molecule has 1 heterocycles. The topological polar surface area (TPSA) is 84.0 Å². The van der Waals surface area contributed by atoms with Crippen LogP contribution in [0.3, 0.4) is 0 Å². The maximum absolute atomic E-state index is 12.0. The summed E-state index contributed by atoms with van der Waals surface area (Å²) in [5.41, 5.74) is 0. The lowest BCUT2D eigenvalue weighted by atomic mass is 10.0. The van der Waals surface area contributed by atoms with Crippen LogP contribution in [-0.2, 0) is 16.0 Å². The van der Waals surface area contributed by atoms with Crippen LogP contribution in [0, 0.1) is 5.92 Å². The van der Waals surface area contributed by atoms with Gasteiger partial charge in [0.25, 0.3) is 0 Å². The minimum Gasteiger partial charge on any atom is -0.344 e. The number of nitrogens with zero attached hydrogens (tertiary/aromatic N) is 2. The van der Waals surface area contributed by atoms with Gasteiger partial charge in [0, 0.05) is 6.92 Å². The number of carbonyl (C=O) groups excluding carboxylic acids is 2. The highest BCUT2D eigenvalue weighted by Crippen LogP contribution is 2.16. The second-order valence-corrected chi connectivity index (χ2v) is 5.33. The standard InChI is InChI=1S/C11H18N4O2S/c1-5-8-14-15-11(18-8)13-10(17)9(6(2)3)12-7(4)16/h6,9H,5H2,1-4H3,(H,12,16)(H,13,15,17). The Morgan fingerprint density at radius 3 is 2.44 bits per heavy atom. The monoisotopic (exact) mass is 270 g/mol. The van der Waals surface area contributed by atoms with Crippen molar-refractivity contribution in [2.24, 2.45) is 5.92 Å². The van der Waals surface area contributed by atoms with Gasteiger partial charge in [0.15, 0.2) is 0 Å². The molecule has 0 aliphatic carbocycles. The Morgan fingerprint density at radius 1 is 1.33 bits per heavy atom. The van der Waals surface area contributed by atoms with E-state index in [2.05, 4.69) is 20.8 Å². The molecule has 1 rings (SSSR count). The molecule has 1 atom stereocenters. The van der Waals surface area contributed by atoms with Gasteiger partial charge in [0.1, 0.15) is 11.0 Å². The van der Waals surface area contributed by atoms with E-state index < -0.39 is 6.04 Å². The number of carbonyl (C=O) groups is 2. The van der Waals surface area contributed by atoms with Crippen LogP contribution in [0.4, 0.5) is 5.13 Å². The minimum absolute atomic E-state index is 0.00691. The molecule has 7 heteroatoms. The molecule has 2 N–H and O–H groups in total. The highest BCUT2D eigenvalue weighted by Gasteiger charge is 2.23. The van der Waals surface area contributed by atoms with Crippen LogP contribution in [-0.4, -0.2) is 28.1 Å². The lowest BCUT2D eigenvalue weighted by Crippen LogP contribution is -2.46. The zero-order chi connectivity index (χ0) is 13.7. The third kappa shape index (κ3) is 4.06. The van der Waals surface area contributed by atoms with Crippen molar-refractivity contribution in [2.45, 2.75) is 40.2 Å². The van der Waals surface area contributed by atoms with E-state index in [9.17, 15) is 9.59 Å². The van der Waals surface area contributed by atoms with Gasteiger partial charge in [-0.15, -0.1) is 10.2 Å². The number of rotatable bonds is 5. The van der Waals surface area contributed by atoms with Crippen LogP contribution >= 0.6 is 11.3 Å². The maximum Gasteiger partial charge on any atom is 0.249 e. The average molecular weight is 270 g/mol. The molecule has 1 aromatic rings. The maximum atomic E-state index is 12.0. The molecule has 0 aliphatic heterocycles. The summed E-state index contributed by atoms with van der Waals surface area (Å²) in [6, 6.07) is -0.559. The van der Waals surface area contributed by atoms with Crippen molar-refractivity contribution in [3.63, 3.8) is 0 Å². The quantitative estimate of drug-likeness (QED) is 0.842. The van der Waals surface area contributed by atoms with Gasteiger partial charge in [0.05, 0.1) is 0 Å². The Bertz CT molecular complexity index is 430. The number of nitrogens with one attached hydrogen (secondary N) is 2. The van der Waals surface area contributed by atoms with E-state index in [1.807, 2.05) is 20.8 Å². The van der Waals surface area contributed by atoms with Crippen molar-refractivity contribution in [1.29, 1.82) is 0 Å². The highest BCUT2D eigenvalue weighted by molar-refractivity contribution is 7.15. The summed E-state index contributed by atoms with van der Waals surface area (Å²) in [6.45, 7) is 7.11. The van der Waals surface area contributed by atoms with Crippen LogP contribution in [0.1, 0.15) is 32.7 Å². The molecule has 1 aromatic heterocycles. The first-order valence-corrected chi connectivity index (χ1v) is 6.66. The molecule has 2 amide bonds. The van der Waals surface area contributed by atoms with E-state index in [1.54, 1.807) is 0 Å². The van der Waals surface area contributed by atoms with Crippen molar-refractivity contribution in [3.05, 3.63) is 5.01 Å². The minimum atomic E-state index is -0.559. The molecule has 0 aliphatic rings. The SMILES string of the molecule is CCc1nnc(NC(=O)C(NC(C)=O)C(C)C)s1.